The number of hydrogen-bond acceptors (Lipinski definition) is 8. The quantitative estimate of drug-likeness (QED) is 0.202. The molecule has 2 saturated heterocycles. The Bertz CT molecular complexity index is 2380. The molecule has 14 heteroatoms. The van der Waals surface area contributed by atoms with Crippen molar-refractivity contribution in [3.63, 3.8) is 0 Å². The average Bonchev–Trinajstić information content (AvgIpc) is 3.58. The van der Waals surface area contributed by atoms with Crippen molar-refractivity contribution in [2.45, 2.75) is 36.6 Å². The maximum atomic E-state index is 14.7. The summed E-state index contributed by atoms with van der Waals surface area (Å²) >= 11 is 0. The topological polar surface area (TPSA) is 159 Å². The van der Waals surface area contributed by atoms with Crippen molar-refractivity contribution < 1.29 is 27.9 Å². The highest BCUT2D eigenvalue weighted by molar-refractivity contribution is 7.90. The molecule has 13 nitrogen and oxygen atoms in total. The first-order valence-corrected chi connectivity index (χ1v) is 18.7. The van der Waals surface area contributed by atoms with Crippen LogP contribution in [0.15, 0.2) is 127 Å². The number of hydrazine groups is 1. The summed E-state index contributed by atoms with van der Waals surface area (Å²) in [7, 11) is -4.16. The minimum Gasteiger partial charge on any atom is -0.508 e. The SMILES string of the molecule is C=CCN1CC(=O)N2[C@@H](Cc3ccc(O)cc3)C(=O)N(Cc3cccc4c(C#N)cn(S(=O)(=O)c5ccccc5)c34)C[C@@H]2N1C(=O)NCc1ccccc1. The van der Waals surface area contributed by atoms with E-state index in [9.17, 15) is 33.2 Å². The Kier molecular flexibility index (Phi) is 9.92. The van der Waals surface area contributed by atoms with Gasteiger partial charge in [0.2, 0.25) is 11.8 Å². The van der Waals surface area contributed by atoms with Gasteiger partial charge in [0.25, 0.3) is 10.0 Å². The van der Waals surface area contributed by atoms with Crippen LogP contribution in [-0.4, -0.2) is 87.0 Å². The number of fused-ring (bicyclic) bond motifs is 2. The average molecular weight is 744 g/mol. The summed E-state index contributed by atoms with van der Waals surface area (Å²) in [6, 6.07) is 29.2. The van der Waals surface area contributed by atoms with Crippen molar-refractivity contribution in [2.75, 3.05) is 19.6 Å². The number of piperazine rings is 1. The third-order valence-corrected chi connectivity index (χ3v) is 11.4. The van der Waals surface area contributed by atoms with Crippen LogP contribution < -0.4 is 5.32 Å². The number of para-hydroxylation sites is 1. The third-order valence-electron chi connectivity index (χ3n) is 9.69. The number of amides is 4. The number of carbonyl (C=O) groups excluding carboxylic acids is 3. The van der Waals surface area contributed by atoms with Gasteiger partial charge in [0.1, 0.15) is 24.0 Å². The molecule has 54 heavy (non-hydrogen) atoms. The molecule has 2 atom stereocenters. The van der Waals surface area contributed by atoms with Crippen LogP contribution in [0, 0.1) is 11.3 Å². The van der Waals surface area contributed by atoms with E-state index >= 15 is 0 Å². The molecule has 3 heterocycles. The van der Waals surface area contributed by atoms with Crippen LogP contribution in [0.4, 0.5) is 4.79 Å². The molecule has 1 aromatic heterocycles. The van der Waals surface area contributed by atoms with Gasteiger partial charge >= 0.3 is 6.03 Å². The highest BCUT2D eigenvalue weighted by Gasteiger charge is 2.51. The molecule has 0 saturated carbocycles. The van der Waals surface area contributed by atoms with Crippen molar-refractivity contribution >= 4 is 38.8 Å². The van der Waals surface area contributed by atoms with Crippen molar-refractivity contribution in [1.82, 2.24) is 29.1 Å². The zero-order valence-corrected chi connectivity index (χ0v) is 30.0. The molecule has 2 aliphatic heterocycles. The van der Waals surface area contributed by atoms with Crippen LogP contribution >= 0.6 is 0 Å². The first-order valence-electron chi connectivity index (χ1n) is 17.3. The van der Waals surface area contributed by atoms with Gasteiger partial charge in [-0.2, -0.15) is 5.26 Å². The lowest BCUT2D eigenvalue weighted by atomic mass is 9.98. The van der Waals surface area contributed by atoms with Crippen LogP contribution in [0.3, 0.4) is 0 Å². The van der Waals surface area contributed by atoms with Gasteiger partial charge in [-0.1, -0.05) is 84.9 Å². The fraction of sp³-hybridized carbons (Fsp3) is 0.200. The highest BCUT2D eigenvalue weighted by atomic mass is 32.2. The van der Waals surface area contributed by atoms with E-state index in [1.165, 1.54) is 45.3 Å². The predicted octanol–water partition coefficient (Wildman–Crippen LogP) is 4.19. The van der Waals surface area contributed by atoms with Crippen molar-refractivity contribution in [3.05, 3.63) is 144 Å². The number of hydrogen-bond donors (Lipinski definition) is 2. The van der Waals surface area contributed by atoms with E-state index in [0.29, 0.717) is 16.5 Å². The van der Waals surface area contributed by atoms with Crippen molar-refractivity contribution in [2.24, 2.45) is 0 Å². The van der Waals surface area contributed by atoms with E-state index < -0.39 is 34.2 Å². The lowest BCUT2D eigenvalue weighted by Crippen LogP contribution is -2.76. The molecule has 0 unspecified atom stereocenters. The largest absolute Gasteiger partial charge is 0.508 e. The summed E-state index contributed by atoms with van der Waals surface area (Å²) in [6.45, 7) is 3.85. The normalized spacial score (nSPS) is 17.6. The number of nitrogens with one attached hydrogen (secondary N) is 1. The second-order valence-electron chi connectivity index (χ2n) is 13.1. The molecular formula is C40H37N7O6S. The van der Waals surface area contributed by atoms with Gasteiger partial charge in [-0.15, -0.1) is 6.58 Å². The number of rotatable bonds is 10. The molecule has 0 aliphatic carbocycles. The first kappa shape index (κ1) is 36.0. The van der Waals surface area contributed by atoms with E-state index in [1.807, 2.05) is 30.3 Å². The molecule has 5 aromatic rings. The Labute approximate surface area is 312 Å². The van der Waals surface area contributed by atoms with E-state index in [1.54, 1.807) is 59.6 Å². The fourth-order valence-corrected chi connectivity index (χ4v) is 8.62. The van der Waals surface area contributed by atoms with Crippen LogP contribution in [-0.2, 0) is 39.1 Å². The number of aromatic hydroxyl groups is 1. The summed E-state index contributed by atoms with van der Waals surface area (Å²) in [6.07, 6.45) is 2.01. The van der Waals surface area contributed by atoms with Crippen LogP contribution in [0.25, 0.3) is 10.9 Å². The summed E-state index contributed by atoms with van der Waals surface area (Å²) in [5.74, 6) is -0.716. The molecule has 7 rings (SSSR count). The molecule has 2 fully saturated rings. The number of nitrogens with zero attached hydrogens (tertiary/aromatic N) is 6. The predicted molar refractivity (Wildman–Crippen MR) is 200 cm³/mol. The minimum atomic E-state index is -4.16. The Morgan fingerprint density at radius 2 is 1.65 bits per heavy atom. The number of carbonyl (C=O) groups is 3. The van der Waals surface area contributed by atoms with Gasteiger partial charge < -0.3 is 20.2 Å². The number of urea groups is 1. The zero-order chi connectivity index (χ0) is 38.0. The number of benzene rings is 4. The number of phenols is 1. The number of nitriles is 1. The number of phenolic OH excluding ortho intramolecular Hbond substituents is 1. The Balaban J connectivity index is 1.31. The lowest BCUT2D eigenvalue weighted by Gasteiger charge is -2.55. The Morgan fingerprint density at radius 3 is 2.33 bits per heavy atom. The van der Waals surface area contributed by atoms with Crippen molar-refractivity contribution in [1.29, 1.82) is 5.26 Å². The van der Waals surface area contributed by atoms with Gasteiger partial charge in [-0.05, 0) is 41.0 Å². The first-order chi connectivity index (χ1) is 26.1. The van der Waals surface area contributed by atoms with E-state index in [-0.39, 0.29) is 66.8 Å². The van der Waals surface area contributed by atoms with Crippen molar-refractivity contribution in [3.8, 4) is 11.8 Å². The summed E-state index contributed by atoms with van der Waals surface area (Å²) in [5, 5.41) is 26.4. The minimum absolute atomic E-state index is 0.0278. The maximum absolute atomic E-state index is 14.7. The lowest BCUT2D eigenvalue weighted by molar-refractivity contribution is -0.189. The van der Waals surface area contributed by atoms with Gasteiger partial charge in [0, 0.05) is 37.6 Å². The van der Waals surface area contributed by atoms with Gasteiger partial charge in [0.05, 0.1) is 29.1 Å². The monoisotopic (exact) mass is 743 g/mol. The van der Waals surface area contributed by atoms with Crippen LogP contribution in [0.2, 0.25) is 0 Å². The summed E-state index contributed by atoms with van der Waals surface area (Å²) in [5.41, 5.74) is 2.39. The number of aromatic nitrogens is 1. The molecule has 0 bridgehead atoms. The molecule has 2 N–H and O–H groups in total. The second-order valence-corrected chi connectivity index (χ2v) is 14.9. The molecule has 2 aliphatic rings. The van der Waals surface area contributed by atoms with Crippen LogP contribution in [0.1, 0.15) is 22.3 Å². The molecular weight excluding hydrogens is 707 g/mol. The highest BCUT2D eigenvalue weighted by Crippen LogP contribution is 2.33. The zero-order valence-electron chi connectivity index (χ0n) is 29.2. The molecule has 0 spiro atoms. The van der Waals surface area contributed by atoms with E-state index in [0.717, 1.165) is 9.54 Å². The van der Waals surface area contributed by atoms with Crippen LogP contribution in [0.5, 0.6) is 5.75 Å². The van der Waals surface area contributed by atoms with E-state index in [4.69, 9.17) is 0 Å². The maximum Gasteiger partial charge on any atom is 0.334 e. The Morgan fingerprint density at radius 1 is 0.944 bits per heavy atom. The fourth-order valence-electron chi connectivity index (χ4n) is 7.19. The summed E-state index contributed by atoms with van der Waals surface area (Å²) in [4.78, 5) is 45.8. The molecule has 4 aromatic carbocycles. The third kappa shape index (κ3) is 6.78. The van der Waals surface area contributed by atoms with E-state index in [2.05, 4.69) is 18.0 Å². The Hall–Kier alpha value is -6.43. The smallest absolute Gasteiger partial charge is 0.334 e. The standard InChI is InChI=1S/C40H37N7O6S/c1-2-20-44-27-37(49)46-35(21-28-16-18-32(48)19-17-28)39(50)43(26-36(46)47(44)40(51)42-23-29-10-5-3-6-11-29)24-30-12-9-15-34-31(22-41)25-45(38(30)34)54(52,53)33-13-7-4-8-14-33/h2-19,25,35-36,48H,1,20-21,23-24,26-27H2,(H,42,51)/t35-,36-/m0/s1. The molecule has 274 valence electrons. The summed E-state index contributed by atoms with van der Waals surface area (Å²) < 4.78 is 29.1. The second kappa shape index (κ2) is 14.9. The molecule has 0 radical (unpaired) electrons. The van der Waals surface area contributed by atoms with Gasteiger partial charge in [-0.25, -0.2) is 27.2 Å². The molecule has 4 amide bonds. The van der Waals surface area contributed by atoms with Gasteiger partial charge in [0.15, 0.2) is 0 Å². The van der Waals surface area contributed by atoms with Gasteiger partial charge in [-0.3, -0.25) is 9.59 Å².